The van der Waals surface area contributed by atoms with Gasteiger partial charge in [-0.25, -0.2) is 0 Å². The van der Waals surface area contributed by atoms with Crippen LogP contribution in [0.25, 0.3) is 0 Å². The predicted molar refractivity (Wildman–Crippen MR) is 67.7 cm³/mol. The minimum Gasteiger partial charge on any atom is -0.497 e. The Morgan fingerprint density at radius 2 is 1.65 bits per heavy atom. The fraction of sp³-hybridized carbons (Fsp3) is 0.143. The van der Waals surface area contributed by atoms with Gasteiger partial charge in [0.2, 0.25) is 0 Å². The molecule has 2 rings (SSSR count). The zero-order valence-electron chi connectivity index (χ0n) is 9.71. The van der Waals surface area contributed by atoms with Gasteiger partial charge in [-0.15, -0.1) is 0 Å². The smallest absolute Gasteiger partial charge is 0.119 e. The number of rotatable bonds is 4. The number of hydrogen-bond donors (Lipinski definition) is 0. The Labute approximate surface area is 101 Å². The van der Waals surface area contributed by atoms with Gasteiger partial charge >= 0.3 is 0 Å². The van der Waals surface area contributed by atoms with E-state index in [-0.39, 0.29) is 0 Å². The molecule has 86 valence electrons. The van der Waals surface area contributed by atoms with Crippen molar-refractivity contribution in [1.82, 2.24) is 0 Å². The first-order valence-electron chi connectivity index (χ1n) is 5.44. The van der Waals surface area contributed by atoms with Crippen LogP contribution in [0, 0.1) is 0 Å². The maximum Gasteiger partial charge on any atom is 0.119 e. The molecule has 0 N–H and O–H groups in total. The summed E-state index contributed by atoms with van der Waals surface area (Å²) >= 11 is 0. The van der Waals surface area contributed by atoms with Crippen molar-refractivity contribution >= 4 is 5.69 Å². The highest BCUT2D eigenvalue weighted by Crippen LogP contribution is 2.18. The summed E-state index contributed by atoms with van der Waals surface area (Å²) in [6.45, 7) is 0.604. The molecule has 0 amide bonds. The molecule has 0 unspecified atom stereocenters. The van der Waals surface area contributed by atoms with Gasteiger partial charge in [-0.2, -0.15) is 10.2 Å². The maximum atomic E-state index is 5.07. The van der Waals surface area contributed by atoms with E-state index in [1.54, 1.807) is 7.11 Å². The van der Waals surface area contributed by atoms with E-state index >= 15 is 0 Å². The fourth-order valence-electron chi connectivity index (χ4n) is 1.43. The largest absolute Gasteiger partial charge is 0.497 e. The zero-order chi connectivity index (χ0) is 11.9. The molecular weight excluding hydrogens is 212 g/mol. The molecule has 0 radical (unpaired) electrons. The van der Waals surface area contributed by atoms with E-state index in [0.29, 0.717) is 6.54 Å². The predicted octanol–water partition coefficient (Wildman–Crippen LogP) is 3.98. The summed E-state index contributed by atoms with van der Waals surface area (Å²) < 4.78 is 5.07. The number of methoxy groups -OCH3 is 1. The second kappa shape index (κ2) is 5.80. The van der Waals surface area contributed by atoms with Gasteiger partial charge in [0.25, 0.3) is 0 Å². The molecule has 0 aliphatic rings. The molecule has 2 aromatic carbocycles. The minimum atomic E-state index is 0.604. The van der Waals surface area contributed by atoms with E-state index < -0.39 is 0 Å². The number of hydrogen-bond acceptors (Lipinski definition) is 3. The Balaban J connectivity index is 1.96. The maximum absolute atomic E-state index is 5.07. The number of nitrogens with zero attached hydrogens (tertiary/aromatic N) is 2. The van der Waals surface area contributed by atoms with Crippen molar-refractivity contribution < 1.29 is 4.74 Å². The van der Waals surface area contributed by atoms with Crippen molar-refractivity contribution in [3.05, 3.63) is 60.2 Å². The van der Waals surface area contributed by atoms with E-state index in [0.717, 1.165) is 17.0 Å². The third-order valence-corrected chi connectivity index (χ3v) is 2.35. The second-order valence-corrected chi connectivity index (χ2v) is 3.58. The first-order valence-corrected chi connectivity index (χ1v) is 5.44. The monoisotopic (exact) mass is 226 g/mol. The fourth-order valence-corrected chi connectivity index (χ4v) is 1.43. The molecule has 0 heterocycles. The van der Waals surface area contributed by atoms with Crippen molar-refractivity contribution in [3.8, 4) is 5.75 Å². The summed E-state index contributed by atoms with van der Waals surface area (Å²) in [5.41, 5.74) is 1.99. The first kappa shape index (κ1) is 11.3. The van der Waals surface area contributed by atoms with E-state index in [2.05, 4.69) is 10.2 Å². The highest BCUT2D eigenvalue weighted by atomic mass is 16.5. The third-order valence-electron chi connectivity index (χ3n) is 2.35. The summed E-state index contributed by atoms with van der Waals surface area (Å²) in [7, 11) is 1.64. The van der Waals surface area contributed by atoms with Gasteiger partial charge in [0.15, 0.2) is 0 Å². The molecule has 0 atom stereocenters. The van der Waals surface area contributed by atoms with Gasteiger partial charge in [0, 0.05) is 0 Å². The summed E-state index contributed by atoms with van der Waals surface area (Å²) in [6.07, 6.45) is 0. The third kappa shape index (κ3) is 3.41. The summed E-state index contributed by atoms with van der Waals surface area (Å²) in [4.78, 5) is 0. The lowest BCUT2D eigenvalue weighted by molar-refractivity contribution is 0.415. The van der Waals surface area contributed by atoms with Crippen LogP contribution in [0.3, 0.4) is 0 Å². The second-order valence-electron chi connectivity index (χ2n) is 3.58. The average Bonchev–Trinajstić information content (AvgIpc) is 2.41. The molecule has 0 saturated heterocycles. The molecule has 0 bridgehead atoms. The lowest BCUT2D eigenvalue weighted by Gasteiger charge is -1.98. The molecule has 0 spiro atoms. The molecule has 3 nitrogen and oxygen atoms in total. The highest BCUT2D eigenvalue weighted by molar-refractivity contribution is 5.40. The number of benzene rings is 2. The van der Waals surface area contributed by atoms with Gasteiger partial charge in [-0.05, 0) is 29.8 Å². The van der Waals surface area contributed by atoms with Crippen molar-refractivity contribution in [2.24, 2.45) is 10.2 Å². The number of ether oxygens (including phenoxy) is 1. The Hall–Kier alpha value is -2.16. The lowest BCUT2D eigenvalue weighted by Crippen LogP contribution is -1.80. The molecule has 3 heteroatoms. The summed E-state index contributed by atoms with van der Waals surface area (Å²) in [5, 5.41) is 8.30. The number of azo groups is 1. The summed E-state index contributed by atoms with van der Waals surface area (Å²) in [6, 6.07) is 17.6. The van der Waals surface area contributed by atoms with Gasteiger partial charge in [-0.1, -0.05) is 30.3 Å². The van der Waals surface area contributed by atoms with E-state index in [1.165, 1.54) is 0 Å². The quantitative estimate of drug-likeness (QED) is 0.726. The average molecular weight is 226 g/mol. The molecular formula is C14H14N2O. The Morgan fingerprint density at radius 1 is 0.941 bits per heavy atom. The van der Waals surface area contributed by atoms with E-state index in [4.69, 9.17) is 4.74 Å². The topological polar surface area (TPSA) is 34.0 Å². The summed E-state index contributed by atoms with van der Waals surface area (Å²) in [5.74, 6) is 0.826. The van der Waals surface area contributed by atoms with Crippen LogP contribution in [-0.4, -0.2) is 7.11 Å². The highest BCUT2D eigenvalue weighted by Gasteiger charge is 1.92. The zero-order valence-corrected chi connectivity index (χ0v) is 9.71. The molecule has 0 aliphatic heterocycles. The standard InChI is InChI=1S/C14H14N2O/c1-17-14-9-7-13(8-10-14)16-15-11-12-5-3-2-4-6-12/h2-10H,11H2,1H3. The first-order chi connectivity index (χ1) is 8.38. The van der Waals surface area contributed by atoms with Crippen LogP contribution >= 0.6 is 0 Å². The molecule has 2 aromatic rings. The van der Waals surface area contributed by atoms with Crippen LogP contribution in [0.15, 0.2) is 64.8 Å². The Bertz CT molecular complexity index is 477. The van der Waals surface area contributed by atoms with Crippen LogP contribution < -0.4 is 4.74 Å². The Morgan fingerprint density at radius 3 is 2.29 bits per heavy atom. The molecule has 0 aliphatic carbocycles. The van der Waals surface area contributed by atoms with Crippen molar-refractivity contribution in [3.63, 3.8) is 0 Å². The van der Waals surface area contributed by atoms with Crippen molar-refractivity contribution in [2.45, 2.75) is 6.54 Å². The Kier molecular flexibility index (Phi) is 3.86. The van der Waals surface area contributed by atoms with Crippen LogP contribution in [0.4, 0.5) is 5.69 Å². The van der Waals surface area contributed by atoms with Gasteiger partial charge in [-0.3, -0.25) is 0 Å². The van der Waals surface area contributed by atoms with Gasteiger partial charge in [0.05, 0.1) is 19.3 Å². The molecule has 0 aromatic heterocycles. The van der Waals surface area contributed by atoms with Crippen LogP contribution in [0.1, 0.15) is 5.56 Å². The van der Waals surface area contributed by atoms with Gasteiger partial charge in [0.1, 0.15) is 5.75 Å². The van der Waals surface area contributed by atoms with Crippen molar-refractivity contribution in [2.75, 3.05) is 7.11 Å². The minimum absolute atomic E-state index is 0.604. The lowest BCUT2D eigenvalue weighted by atomic mass is 10.2. The van der Waals surface area contributed by atoms with E-state index in [1.807, 2.05) is 54.6 Å². The van der Waals surface area contributed by atoms with E-state index in [9.17, 15) is 0 Å². The van der Waals surface area contributed by atoms with Crippen molar-refractivity contribution in [1.29, 1.82) is 0 Å². The SMILES string of the molecule is COc1ccc(N=NCc2ccccc2)cc1. The van der Waals surface area contributed by atoms with Crippen LogP contribution in [0.2, 0.25) is 0 Å². The van der Waals surface area contributed by atoms with Crippen LogP contribution in [-0.2, 0) is 6.54 Å². The van der Waals surface area contributed by atoms with Crippen LogP contribution in [0.5, 0.6) is 5.75 Å². The molecule has 0 saturated carbocycles. The normalized spacial score (nSPS) is 10.6. The molecule has 17 heavy (non-hydrogen) atoms. The molecule has 0 fully saturated rings. The van der Waals surface area contributed by atoms with Gasteiger partial charge < -0.3 is 4.74 Å².